The third-order valence-electron chi connectivity index (χ3n) is 5.84. The van der Waals surface area contributed by atoms with Gasteiger partial charge in [-0.05, 0) is 25.0 Å². The number of rotatable bonds is 5. The Labute approximate surface area is 165 Å². The van der Waals surface area contributed by atoms with Crippen molar-refractivity contribution in [3.8, 4) is 0 Å². The standard InChI is InChI=1S/C23H29N3O2/c1-25(23(28)24-17-9-3-2-4-10-17)15-18(27)16-26-21-13-7-5-11-19(21)20-12-6-8-14-22(20)26/h5-8,11-14,17-18,27H,2-4,9-10,15-16H2,1H3,(H,24,28)/t18-/m0/s1. The Morgan fingerprint density at radius 2 is 1.64 bits per heavy atom. The normalized spacial score (nSPS) is 16.4. The molecule has 1 saturated carbocycles. The molecule has 5 heteroatoms. The third kappa shape index (κ3) is 3.85. The van der Waals surface area contributed by atoms with Crippen LogP contribution in [0.15, 0.2) is 48.5 Å². The van der Waals surface area contributed by atoms with Gasteiger partial charge in [0.05, 0.1) is 12.6 Å². The molecular weight excluding hydrogens is 350 g/mol. The monoisotopic (exact) mass is 379 g/mol. The van der Waals surface area contributed by atoms with Crippen LogP contribution in [0.3, 0.4) is 0 Å². The Kier molecular flexibility index (Phi) is 5.53. The molecule has 0 aliphatic heterocycles. The summed E-state index contributed by atoms with van der Waals surface area (Å²) in [4.78, 5) is 14.1. The van der Waals surface area contributed by atoms with Crippen molar-refractivity contribution in [3.63, 3.8) is 0 Å². The molecule has 5 nitrogen and oxygen atoms in total. The minimum Gasteiger partial charge on any atom is -0.389 e. The summed E-state index contributed by atoms with van der Waals surface area (Å²) in [7, 11) is 1.76. The number of amides is 2. The number of benzene rings is 2. The Hall–Kier alpha value is -2.53. The van der Waals surface area contributed by atoms with Crippen molar-refractivity contribution in [1.82, 2.24) is 14.8 Å². The van der Waals surface area contributed by atoms with Gasteiger partial charge in [-0.3, -0.25) is 0 Å². The lowest BCUT2D eigenvalue weighted by Crippen LogP contribution is -2.46. The van der Waals surface area contributed by atoms with E-state index in [0.29, 0.717) is 13.1 Å². The number of hydrogen-bond acceptors (Lipinski definition) is 2. The number of aliphatic hydroxyl groups excluding tert-OH is 1. The zero-order valence-electron chi connectivity index (χ0n) is 16.5. The number of likely N-dealkylation sites (N-methyl/N-ethyl adjacent to an activating group) is 1. The molecule has 0 unspecified atom stereocenters. The quantitative estimate of drug-likeness (QED) is 0.700. The fourth-order valence-corrected chi connectivity index (χ4v) is 4.40. The van der Waals surface area contributed by atoms with E-state index in [0.717, 1.165) is 23.9 Å². The number of fused-ring (bicyclic) bond motifs is 3. The molecule has 3 aromatic rings. The maximum atomic E-state index is 12.5. The number of carbonyl (C=O) groups is 1. The summed E-state index contributed by atoms with van der Waals surface area (Å²) >= 11 is 0. The fourth-order valence-electron chi connectivity index (χ4n) is 4.40. The van der Waals surface area contributed by atoms with Gasteiger partial charge in [-0.25, -0.2) is 4.79 Å². The van der Waals surface area contributed by atoms with Crippen LogP contribution in [0.1, 0.15) is 32.1 Å². The lowest BCUT2D eigenvalue weighted by molar-refractivity contribution is 0.116. The molecule has 2 aromatic carbocycles. The molecule has 148 valence electrons. The highest BCUT2D eigenvalue weighted by atomic mass is 16.3. The predicted molar refractivity (Wildman–Crippen MR) is 113 cm³/mol. The first-order chi connectivity index (χ1) is 13.6. The van der Waals surface area contributed by atoms with Gasteiger partial charge in [-0.2, -0.15) is 0 Å². The molecule has 1 aromatic heterocycles. The van der Waals surface area contributed by atoms with Crippen molar-refractivity contribution < 1.29 is 9.90 Å². The molecule has 1 heterocycles. The molecule has 1 fully saturated rings. The molecule has 28 heavy (non-hydrogen) atoms. The smallest absolute Gasteiger partial charge is 0.317 e. The third-order valence-corrected chi connectivity index (χ3v) is 5.84. The van der Waals surface area contributed by atoms with Crippen molar-refractivity contribution in [3.05, 3.63) is 48.5 Å². The van der Waals surface area contributed by atoms with Crippen molar-refractivity contribution in [2.24, 2.45) is 0 Å². The summed E-state index contributed by atoms with van der Waals surface area (Å²) in [6.45, 7) is 0.758. The Bertz CT molecular complexity index is 906. The lowest BCUT2D eigenvalue weighted by Gasteiger charge is -2.27. The average molecular weight is 380 g/mol. The lowest BCUT2D eigenvalue weighted by atomic mass is 9.96. The SMILES string of the molecule is CN(C[C@H](O)Cn1c2ccccc2c2ccccc21)C(=O)NC1CCCCC1. The molecule has 0 saturated heterocycles. The van der Waals surface area contributed by atoms with Crippen LogP contribution in [-0.4, -0.2) is 46.3 Å². The van der Waals surface area contributed by atoms with E-state index >= 15 is 0 Å². The number of hydrogen-bond donors (Lipinski definition) is 2. The fraction of sp³-hybridized carbons (Fsp3) is 0.435. The van der Waals surface area contributed by atoms with Crippen LogP contribution in [0.25, 0.3) is 21.8 Å². The number of para-hydroxylation sites is 2. The molecular formula is C23H29N3O2. The van der Waals surface area contributed by atoms with Gasteiger partial charge >= 0.3 is 6.03 Å². The number of nitrogens with zero attached hydrogens (tertiary/aromatic N) is 2. The molecule has 2 N–H and O–H groups in total. The Balaban J connectivity index is 1.46. The zero-order valence-corrected chi connectivity index (χ0v) is 16.5. The highest BCUT2D eigenvalue weighted by molar-refractivity contribution is 6.07. The van der Waals surface area contributed by atoms with Gasteiger partial charge in [-0.1, -0.05) is 55.7 Å². The summed E-state index contributed by atoms with van der Waals surface area (Å²) < 4.78 is 2.15. The molecule has 1 aliphatic carbocycles. The Morgan fingerprint density at radius 3 is 2.25 bits per heavy atom. The van der Waals surface area contributed by atoms with Crippen LogP contribution in [0, 0.1) is 0 Å². The summed E-state index contributed by atoms with van der Waals surface area (Å²) in [5, 5.41) is 16.2. The molecule has 0 radical (unpaired) electrons. The number of aliphatic hydroxyl groups is 1. The first kappa shape index (κ1) is 18.8. The van der Waals surface area contributed by atoms with Crippen LogP contribution >= 0.6 is 0 Å². The van der Waals surface area contributed by atoms with Crippen molar-refractivity contribution in [1.29, 1.82) is 0 Å². The van der Waals surface area contributed by atoms with Crippen LogP contribution in [0.2, 0.25) is 0 Å². The number of aromatic nitrogens is 1. The maximum Gasteiger partial charge on any atom is 0.317 e. The van der Waals surface area contributed by atoms with E-state index < -0.39 is 6.10 Å². The maximum absolute atomic E-state index is 12.5. The van der Waals surface area contributed by atoms with Gasteiger partial charge in [0.1, 0.15) is 0 Å². The van der Waals surface area contributed by atoms with Crippen LogP contribution < -0.4 is 5.32 Å². The Morgan fingerprint density at radius 1 is 1.07 bits per heavy atom. The number of urea groups is 1. The molecule has 0 spiro atoms. The molecule has 1 atom stereocenters. The van der Waals surface area contributed by atoms with Crippen molar-refractivity contribution >= 4 is 27.8 Å². The van der Waals surface area contributed by atoms with E-state index in [2.05, 4.69) is 34.1 Å². The van der Waals surface area contributed by atoms with Gasteiger partial charge in [0, 0.05) is 41.4 Å². The largest absolute Gasteiger partial charge is 0.389 e. The first-order valence-electron chi connectivity index (χ1n) is 10.3. The van der Waals surface area contributed by atoms with Crippen LogP contribution in [0.5, 0.6) is 0 Å². The van der Waals surface area contributed by atoms with Gasteiger partial charge in [-0.15, -0.1) is 0 Å². The number of nitrogens with one attached hydrogen (secondary N) is 1. The predicted octanol–water partition coefficient (Wildman–Crippen LogP) is 4.13. The summed E-state index contributed by atoms with van der Waals surface area (Å²) in [6, 6.07) is 16.7. The molecule has 2 amide bonds. The van der Waals surface area contributed by atoms with E-state index in [1.807, 2.05) is 24.3 Å². The van der Waals surface area contributed by atoms with E-state index in [4.69, 9.17) is 0 Å². The van der Waals surface area contributed by atoms with E-state index in [1.54, 1.807) is 11.9 Å². The minimum absolute atomic E-state index is 0.0897. The van der Waals surface area contributed by atoms with E-state index in [9.17, 15) is 9.90 Å². The van der Waals surface area contributed by atoms with Crippen molar-refractivity contribution in [2.75, 3.05) is 13.6 Å². The van der Waals surface area contributed by atoms with Gasteiger partial charge < -0.3 is 19.9 Å². The second-order valence-electron chi connectivity index (χ2n) is 7.96. The van der Waals surface area contributed by atoms with Crippen LogP contribution in [0.4, 0.5) is 4.79 Å². The zero-order chi connectivity index (χ0) is 19.5. The molecule has 1 aliphatic rings. The summed E-state index contributed by atoms with van der Waals surface area (Å²) in [6.07, 6.45) is 5.12. The summed E-state index contributed by atoms with van der Waals surface area (Å²) in [5.41, 5.74) is 2.22. The second-order valence-corrected chi connectivity index (χ2v) is 7.96. The number of carbonyl (C=O) groups excluding carboxylic acids is 1. The molecule has 4 rings (SSSR count). The first-order valence-corrected chi connectivity index (χ1v) is 10.3. The topological polar surface area (TPSA) is 57.5 Å². The highest BCUT2D eigenvalue weighted by Gasteiger charge is 2.20. The van der Waals surface area contributed by atoms with Gasteiger partial charge in [0.2, 0.25) is 0 Å². The average Bonchev–Trinajstić information content (AvgIpc) is 3.03. The van der Waals surface area contributed by atoms with Crippen molar-refractivity contribution in [2.45, 2.75) is 50.8 Å². The van der Waals surface area contributed by atoms with Crippen LogP contribution in [-0.2, 0) is 6.54 Å². The van der Waals surface area contributed by atoms with Gasteiger partial charge in [0.15, 0.2) is 0 Å². The minimum atomic E-state index is -0.638. The van der Waals surface area contributed by atoms with E-state index in [1.165, 1.54) is 30.0 Å². The second kappa shape index (κ2) is 8.23. The van der Waals surface area contributed by atoms with E-state index in [-0.39, 0.29) is 12.1 Å². The molecule has 0 bridgehead atoms. The highest BCUT2D eigenvalue weighted by Crippen LogP contribution is 2.28. The van der Waals surface area contributed by atoms with Gasteiger partial charge in [0.25, 0.3) is 0 Å². The summed E-state index contributed by atoms with van der Waals surface area (Å²) in [5.74, 6) is 0.